The number of nitrogens with one attached hydrogen (secondary N) is 1. The van der Waals surface area contributed by atoms with Crippen molar-refractivity contribution in [2.24, 2.45) is 5.10 Å². The highest BCUT2D eigenvalue weighted by molar-refractivity contribution is 9.10. The predicted octanol–water partition coefficient (Wildman–Crippen LogP) is 5.17. The highest BCUT2D eigenvalue weighted by atomic mass is 79.9. The molecule has 0 saturated heterocycles. The Hall–Kier alpha value is -3.23. The van der Waals surface area contributed by atoms with Crippen molar-refractivity contribution in [2.45, 2.75) is 6.61 Å². The Morgan fingerprint density at radius 2 is 1.88 bits per heavy atom. The summed E-state index contributed by atoms with van der Waals surface area (Å²) < 4.78 is 17.0. The van der Waals surface area contributed by atoms with Crippen molar-refractivity contribution in [1.82, 2.24) is 5.43 Å². The van der Waals surface area contributed by atoms with Crippen LogP contribution >= 0.6 is 27.5 Å². The standard InChI is InChI=1S/C23H20BrClN2O5/c1-30-17-7-8-18(20(28)11-17)23(29)27-26-12-15-9-19(24)22(21(10-15)31-2)32-13-14-3-5-16(25)6-4-14/h3-12,28H,13H2,1-2H3,(H,27,29)/b26-12-. The van der Waals surface area contributed by atoms with Gasteiger partial charge in [0.2, 0.25) is 0 Å². The molecule has 166 valence electrons. The lowest BCUT2D eigenvalue weighted by atomic mass is 10.2. The van der Waals surface area contributed by atoms with E-state index in [1.807, 2.05) is 12.1 Å². The van der Waals surface area contributed by atoms with E-state index < -0.39 is 5.91 Å². The first-order chi connectivity index (χ1) is 15.4. The van der Waals surface area contributed by atoms with Crippen molar-refractivity contribution in [3.63, 3.8) is 0 Å². The second-order valence-electron chi connectivity index (χ2n) is 6.53. The molecule has 0 fully saturated rings. The fraction of sp³-hybridized carbons (Fsp3) is 0.130. The number of hydrogen-bond acceptors (Lipinski definition) is 6. The zero-order chi connectivity index (χ0) is 23.1. The third kappa shape index (κ3) is 5.93. The van der Waals surface area contributed by atoms with Gasteiger partial charge in [0.1, 0.15) is 18.1 Å². The van der Waals surface area contributed by atoms with Crippen molar-refractivity contribution in [3.8, 4) is 23.0 Å². The van der Waals surface area contributed by atoms with Crippen LogP contribution in [0.5, 0.6) is 23.0 Å². The lowest BCUT2D eigenvalue weighted by Gasteiger charge is -2.13. The van der Waals surface area contributed by atoms with E-state index >= 15 is 0 Å². The summed E-state index contributed by atoms with van der Waals surface area (Å²) in [6.45, 7) is 0.334. The maximum Gasteiger partial charge on any atom is 0.275 e. The van der Waals surface area contributed by atoms with Gasteiger partial charge in [-0.2, -0.15) is 5.10 Å². The molecule has 0 aliphatic rings. The van der Waals surface area contributed by atoms with Gasteiger partial charge in [-0.25, -0.2) is 5.43 Å². The van der Waals surface area contributed by atoms with Gasteiger partial charge in [-0.3, -0.25) is 4.79 Å². The van der Waals surface area contributed by atoms with Crippen LogP contribution in [-0.4, -0.2) is 31.4 Å². The Kier molecular flexibility index (Phi) is 7.97. The monoisotopic (exact) mass is 518 g/mol. The number of rotatable bonds is 8. The summed E-state index contributed by atoms with van der Waals surface area (Å²) in [5, 5.41) is 14.6. The van der Waals surface area contributed by atoms with Crippen LogP contribution in [0, 0.1) is 0 Å². The first-order valence-electron chi connectivity index (χ1n) is 9.36. The highest BCUT2D eigenvalue weighted by Gasteiger charge is 2.13. The lowest BCUT2D eigenvalue weighted by molar-refractivity contribution is 0.0952. The Balaban J connectivity index is 1.69. The molecule has 0 heterocycles. The van der Waals surface area contributed by atoms with Gasteiger partial charge in [-0.1, -0.05) is 23.7 Å². The molecular weight excluding hydrogens is 500 g/mol. The molecule has 0 aromatic heterocycles. The predicted molar refractivity (Wildman–Crippen MR) is 126 cm³/mol. The minimum absolute atomic E-state index is 0.0765. The van der Waals surface area contributed by atoms with Crippen molar-refractivity contribution >= 4 is 39.7 Å². The number of hydrogen-bond donors (Lipinski definition) is 2. The SMILES string of the molecule is COc1ccc(C(=O)N/N=C\c2cc(Br)c(OCc3ccc(Cl)cc3)c(OC)c2)c(O)c1. The van der Waals surface area contributed by atoms with Crippen molar-refractivity contribution in [2.75, 3.05) is 14.2 Å². The number of benzene rings is 3. The number of carbonyl (C=O) groups is 1. The number of hydrazone groups is 1. The lowest BCUT2D eigenvalue weighted by Crippen LogP contribution is -2.17. The van der Waals surface area contributed by atoms with Gasteiger partial charge in [0, 0.05) is 11.1 Å². The van der Waals surface area contributed by atoms with E-state index in [0.717, 1.165) is 5.56 Å². The van der Waals surface area contributed by atoms with E-state index in [1.54, 1.807) is 30.3 Å². The molecule has 7 nitrogen and oxygen atoms in total. The number of ether oxygens (including phenoxy) is 3. The van der Waals surface area contributed by atoms with Gasteiger partial charge in [0.05, 0.1) is 30.5 Å². The molecule has 0 radical (unpaired) electrons. The Bertz CT molecular complexity index is 1140. The minimum Gasteiger partial charge on any atom is -0.507 e. The summed E-state index contributed by atoms with van der Waals surface area (Å²) in [5.41, 5.74) is 4.07. The molecule has 0 atom stereocenters. The van der Waals surface area contributed by atoms with Crippen LogP contribution in [0.4, 0.5) is 0 Å². The summed E-state index contributed by atoms with van der Waals surface area (Å²) in [6.07, 6.45) is 1.45. The zero-order valence-corrected chi connectivity index (χ0v) is 19.6. The molecule has 3 rings (SSSR count). The van der Waals surface area contributed by atoms with Crippen LogP contribution in [0.25, 0.3) is 0 Å². The van der Waals surface area contributed by atoms with E-state index in [1.165, 1.54) is 32.6 Å². The number of phenolic OH excluding ortho intramolecular Hbond substituents is 1. The summed E-state index contributed by atoms with van der Waals surface area (Å²) in [4.78, 5) is 12.3. The molecule has 0 aliphatic heterocycles. The fourth-order valence-electron chi connectivity index (χ4n) is 2.75. The van der Waals surface area contributed by atoms with E-state index in [4.69, 9.17) is 25.8 Å². The Labute approximate surface area is 198 Å². The van der Waals surface area contributed by atoms with Crippen LogP contribution in [0.3, 0.4) is 0 Å². The van der Waals surface area contributed by atoms with Gasteiger partial charge in [-0.05, 0) is 63.5 Å². The Morgan fingerprint density at radius 3 is 2.53 bits per heavy atom. The highest BCUT2D eigenvalue weighted by Crippen LogP contribution is 2.37. The van der Waals surface area contributed by atoms with Crippen molar-refractivity contribution in [3.05, 3.63) is 80.8 Å². The number of nitrogens with zero attached hydrogens (tertiary/aromatic N) is 1. The van der Waals surface area contributed by atoms with Gasteiger partial charge in [-0.15, -0.1) is 0 Å². The van der Waals surface area contributed by atoms with Crippen LogP contribution in [-0.2, 0) is 6.61 Å². The molecule has 0 saturated carbocycles. The maximum atomic E-state index is 12.3. The van der Waals surface area contributed by atoms with Crippen LogP contribution in [0.15, 0.2) is 64.2 Å². The second-order valence-corrected chi connectivity index (χ2v) is 7.82. The summed E-state index contributed by atoms with van der Waals surface area (Å²) in [7, 11) is 3.01. The second kappa shape index (κ2) is 10.9. The number of carbonyl (C=O) groups excluding carboxylic acids is 1. The number of methoxy groups -OCH3 is 2. The topological polar surface area (TPSA) is 89.4 Å². The summed E-state index contributed by atoms with van der Waals surface area (Å²) >= 11 is 9.40. The van der Waals surface area contributed by atoms with Crippen LogP contribution in [0.2, 0.25) is 5.02 Å². The van der Waals surface area contributed by atoms with E-state index in [2.05, 4.69) is 26.5 Å². The van der Waals surface area contributed by atoms with Gasteiger partial charge in [0.25, 0.3) is 5.91 Å². The van der Waals surface area contributed by atoms with Gasteiger partial charge in [0.15, 0.2) is 11.5 Å². The molecule has 3 aromatic carbocycles. The fourth-order valence-corrected chi connectivity index (χ4v) is 3.45. The molecule has 0 aliphatic carbocycles. The molecule has 9 heteroatoms. The number of phenols is 1. The Morgan fingerprint density at radius 1 is 1.12 bits per heavy atom. The molecule has 0 unspecified atom stereocenters. The van der Waals surface area contributed by atoms with Gasteiger partial charge < -0.3 is 19.3 Å². The van der Waals surface area contributed by atoms with Crippen molar-refractivity contribution in [1.29, 1.82) is 0 Å². The zero-order valence-electron chi connectivity index (χ0n) is 17.3. The first kappa shape index (κ1) is 23.4. The normalized spacial score (nSPS) is 10.8. The van der Waals surface area contributed by atoms with E-state index in [0.29, 0.717) is 38.9 Å². The smallest absolute Gasteiger partial charge is 0.275 e. The molecule has 0 spiro atoms. The van der Waals surface area contributed by atoms with Crippen molar-refractivity contribution < 1.29 is 24.1 Å². The third-order valence-electron chi connectivity index (χ3n) is 4.38. The average Bonchev–Trinajstić information content (AvgIpc) is 2.78. The third-order valence-corrected chi connectivity index (χ3v) is 5.22. The van der Waals surface area contributed by atoms with Gasteiger partial charge >= 0.3 is 0 Å². The molecule has 32 heavy (non-hydrogen) atoms. The average molecular weight is 520 g/mol. The maximum absolute atomic E-state index is 12.3. The van der Waals surface area contributed by atoms with Crippen LogP contribution in [0.1, 0.15) is 21.5 Å². The summed E-state index contributed by atoms with van der Waals surface area (Å²) in [5.74, 6) is 0.706. The number of aromatic hydroxyl groups is 1. The minimum atomic E-state index is -0.560. The number of amides is 1. The largest absolute Gasteiger partial charge is 0.507 e. The quantitative estimate of drug-likeness (QED) is 0.317. The van der Waals surface area contributed by atoms with Crippen LogP contribution < -0.4 is 19.6 Å². The molecular formula is C23H20BrClN2O5. The molecule has 2 N–H and O–H groups in total. The molecule has 1 amide bonds. The molecule has 3 aromatic rings. The summed E-state index contributed by atoms with van der Waals surface area (Å²) in [6, 6.07) is 15.2. The van der Waals surface area contributed by atoms with E-state index in [9.17, 15) is 9.90 Å². The number of halogens is 2. The first-order valence-corrected chi connectivity index (χ1v) is 10.5. The molecule has 0 bridgehead atoms. The van der Waals surface area contributed by atoms with E-state index in [-0.39, 0.29) is 11.3 Å².